The van der Waals surface area contributed by atoms with E-state index in [2.05, 4.69) is 43.3 Å². The number of hydrogen-bond acceptors (Lipinski definition) is 2. The van der Waals surface area contributed by atoms with Gasteiger partial charge < -0.3 is 4.90 Å². The minimum Gasteiger partial charge on any atom is -0.330 e. The zero-order chi connectivity index (χ0) is 24.0. The van der Waals surface area contributed by atoms with Gasteiger partial charge in [-0.15, -0.1) is 0 Å². The molecule has 1 aromatic heterocycles. The van der Waals surface area contributed by atoms with Crippen molar-refractivity contribution in [3.8, 4) is 16.9 Å². The highest BCUT2D eigenvalue weighted by atomic mass is 16.2. The van der Waals surface area contributed by atoms with Crippen LogP contribution < -0.4 is 0 Å². The molecule has 1 heterocycles. The SMILES string of the molecule is Cc1ccc(-c2nn(-c3ccccc3)cc2CN(Cc2ccccc2)C(=O)c2ccccc2)cc1. The van der Waals surface area contributed by atoms with Gasteiger partial charge in [-0.1, -0.05) is 96.6 Å². The third-order valence-electron chi connectivity index (χ3n) is 6.02. The Morgan fingerprint density at radius 2 is 1.34 bits per heavy atom. The third kappa shape index (κ3) is 5.22. The zero-order valence-corrected chi connectivity index (χ0v) is 19.7. The van der Waals surface area contributed by atoms with Crippen LogP contribution in [0.15, 0.2) is 121 Å². The molecule has 4 nitrogen and oxygen atoms in total. The summed E-state index contributed by atoms with van der Waals surface area (Å²) >= 11 is 0. The number of aromatic nitrogens is 2. The number of amides is 1. The Balaban J connectivity index is 1.56. The van der Waals surface area contributed by atoms with Gasteiger partial charge in [-0.05, 0) is 36.8 Å². The molecule has 4 aromatic carbocycles. The highest BCUT2D eigenvalue weighted by Crippen LogP contribution is 2.26. The number of benzene rings is 4. The fraction of sp³-hybridized carbons (Fsp3) is 0.0968. The number of nitrogens with zero attached hydrogens (tertiary/aromatic N) is 3. The van der Waals surface area contributed by atoms with Crippen molar-refractivity contribution < 1.29 is 4.79 Å². The van der Waals surface area contributed by atoms with Gasteiger partial charge in [0.1, 0.15) is 0 Å². The monoisotopic (exact) mass is 457 g/mol. The smallest absolute Gasteiger partial charge is 0.254 e. The highest BCUT2D eigenvalue weighted by molar-refractivity contribution is 5.94. The predicted octanol–water partition coefficient (Wildman–Crippen LogP) is 6.69. The maximum absolute atomic E-state index is 13.6. The van der Waals surface area contributed by atoms with E-state index in [9.17, 15) is 4.79 Å². The molecule has 0 saturated heterocycles. The average Bonchev–Trinajstić information content (AvgIpc) is 3.34. The van der Waals surface area contributed by atoms with E-state index in [1.807, 2.05) is 94.6 Å². The fourth-order valence-corrected chi connectivity index (χ4v) is 4.17. The minimum absolute atomic E-state index is 0.00299. The van der Waals surface area contributed by atoms with Gasteiger partial charge in [-0.2, -0.15) is 5.10 Å². The van der Waals surface area contributed by atoms with Crippen molar-refractivity contribution in [2.75, 3.05) is 0 Å². The van der Waals surface area contributed by atoms with E-state index in [0.717, 1.165) is 28.1 Å². The predicted molar refractivity (Wildman–Crippen MR) is 140 cm³/mol. The lowest BCUT2D eigenvalue weighted by molar-refractivity contribution is 0.0730. The van der Waals surface area contributed by atoms with Crippen LogP contribution in [0.25, 0.3) is 16.9 Å². The molecular weight excluding hydrogens is 430 g/mol. The summed E-state index contributed by atoms with van der Waals surface area (Å²) in [6.07, 6.45) is 2.04. The second-order valence-corrected chi connectivity index (χ2v) is 8.66. The quantitative estimate of drug-likeness (QED) is 0.273. The molecule has 0 fully saturated rings. The van der Waals surface area contributed by atoms with E-state index in [1.54, 1.807) is 0 Å². The summed E-state index contributed by atoms with van der Waals surface area (Å²) < 4.78 is 1.90. The van der Waals surface area contributed by atoms with Crippen molar-refractivity contribution in [3.63, 3.8) is 0 Å². The summed E-state index contributed by atoms with van der Waals surface area (Å²) in [6.45, 7) is 3.03. The highest BCUT2D eigenvalue weighted by Gasteiger charge is 2.21. The zero-order valence-electron chi connectivity index (χ0n) is 19.7. The van der Waals surface area contributed by atoms with Crippen molar-refractivity contribution in [3.05, 3.63) is 144 Å². The van der Waals surface area contributed by atoms with Gasteiger partial charge >= 0.3 is 0 Å². The van der Waals surface area contributed by atoms with Crippen LogP contribution in [0.5, 0.6) is 0 Å². The van der Waals surface area contributed by atoms with Gasteiger partial charge in [0.15, 0.2) is 0 Å². The van der Waals surface area contributed by atoms with E-state index in [1.165, 1.54) is 5.56 Å². The van der Waals surface area contributed by atoms with Gasteiger partial charge in [0.25, 0.3) is 5.91 Å². The van der Waals surface area contributed by atoms with Gasteiger partial charge in [0, 0.05) is 29.4 Å². The second-order valence-electron chi connectivity index (χ2n) is 8.66. The topological polar surface area (TPSA) is 38.1 Å². The minimum atomic E-state index is -0.00299. The van der Waals surface area contributed by atoms with Gasteiger partial charge in [0.2, 0.25) is 0 Å². The lowest BCUT2D eigenvalue weighted by atomic mass is 10.1. The largest absolute Gasteiger partial charge is 0.330 e. The molecule has 172 valence electrons. The molecule has 0 aliphatic rings. The molecule has 5 aromatic rings. The maximum Gasteiger partial charge on any atom is 0.254 e. The molecule has 0 N–H and O–H groups in total. The number of hydrogen-bond donors (Lipinski definition) is 0. The molecule has 0 atom stereocenters. The standard InChI is InChI=1S/C31H27N3O/c1-24-17-19-26(20-18-24)30-28(23-34(32-30)29-15-9-4-10-16-29)22-33(21-25-11-5-2-6-12-25)31(35)27-13-7-3-8-14-27/h2-20,23H,21-22H2,1H3. The Morgan fingerprint density at radius 3 is 2.00 bits per heavy atom. The van der Waals surface area contributed by atoms with Crippen LogP contribution in [-0.2, 0) is 13.1 Å². The Morgan fingerprint density at radius 1 is 0.743 bits per heavy atom. The summed E-state index contributed by atoms with van der Waals surface area (Å²) in [5, 5.41) is 4.95. The van der Waals surface area contributed by atoms with Crippen molar-refractivity contribution in [1.82, 2.24) is 14.7 Å². The fourth-order valence-electron chi connectivity index (χ4n) is 4.17. The number of carbonyl (C=O) groups excluding carboxylic acids is 1. The summed E-state index contributed by atoms with van der Waals surface area (Å²) in [5.74, 6) is -0.00299. The van der Waals surface area contributed by atoms with Crippen LogP contribution in [0.3, 0.4) is 0 Å². The molecule has 0 unspecified atom stereocenters. The summed E-state index contributed by atoms with van der Waals surface area (Å²) in [4.78, 5) is 15.5. The Hall–Kier alpha value is -4.44. The Kier molecular flexibility index (Phi) is 6.53. The maximum atomic E-state index is 13.6. The number of aryl methyl sites for hydroxylation is 1. The molecule has 1 amide bonds. The van der Waals surface area contributed by atoms with Crippen LogP contribution in [-0.4, -0.2) is 20.6 Å². The van der Waals surface area contributed by atoms with Crippen molar-refractivity contribution in [2.24, 2.45) is 0 Å². The summed E-state index contributed by atoms with van der Waals surface area (Å²) in [6, 6.07) is 38.0. The third-order valence-corrected chi connectivity index (χ3v) is 6.02. The molecule has 0 spiro atoms. The van der Waals surface area contributed by atoms with E-state index in [0.29, 0.717) is 18.7 Å². The van der Waals surface area contributed by atoms with E-state index in [-0.39, 0.29) is 5.91 Å². The van der Waals surface area contributed by atoms with Crippen molar-refractivity contribution in [1.29, 1.82) is 0 Å². The number of rotatable bonds is 7. The van der Waals surface area contributed by atoms with Crippen LogP contribution >= 0.6 is 0 Å². The Bertz CT molecular complexity index is 1390. The van der Waals surface area contributed by atoms with Crippen LogP contribution in [0.4, 0.5) is 0 Å². The molecule has 0 aliphatic heterocycles. The van der Waals surface area contributed by atoms with E-state index in [4.69, 9.17) is 5.10 Å². The normalized spacial score (nSPS) is 10.8. The van der Waals surface area contributed by atoms with E-state index >= 15 is 0 Å². The van der Waals surface area contributed by atoms with Crippen LogP contribution in [0.1, 0.15) is 27.0 Å². The van der Waals surface area contributed by atoms with Gasteiger partial charge in [-0.3, -0.25) is 4.79 Å². The molecule has 35 heavy (non-hydrogen) atoms. The molecule has 0 saturated carbocycles. The van der Waals surface area contributed by atoms with Crippen LogP contribution in [0.2, 0.25) is 0 Å². The first-order chi connectivity index (χ1) is 17.2. The van der Waals surface area contributed by atoms with E-state index < -0.39 is 0 Å². The first kappa shape index (κ1) is 22.4. The number of para-hydroxylation sites is 1. The molecule has 0 bridgehead atoms. The lowest BCUT2D eigenvalue weighted by Gasteiger charge is -2.23. The molecule has 0 aliphatic carbocycles. The average molecular weight is 458 g/mol. The lowest BCUT2D eigenvalue weighted by Crippen LogP contribution is -2.30. The van der Waals surface area contributed by atoms with Gasteiger partial charge in [-0.25, -0.2) is 4.68 Å². The summed E-state index contributed by atoms with van der Waals surface area (Å²) in [7, 11) is 0. The molecule has 0 radical (unpaired) electrons. The molecule has 4 heteroatoms. The Labute approximate surface area is 206 Å². The molecular formula is C31H27N3O. The van der Waals surface area contributed by atoms with Crippen LogP contribution in [0, 0.1) is 6.92 Å². The first-order valence-corrected chi connectivity index (χ1v) is 11.8. The van der Waals surface area contributed by atoms with Crippen molar-refractivity contribution in [2.45, 2.75) is 20.0 Å². The van der Waals surface area contributed by atoms with Gasteiger partial charge in [0.05, 0.1) is 17.9 Å². The number of carbonyl (C=O) groups is 1. The first-order valence-electron chi connectivity index (χ1n) is 11.8. The second kappa shape index (κ2) is 10.2. The molecule has 5 rings (SSSR count). The van der Waals surface area contributed by atoms with Crippen molar-refractivity contribution >= 4 is 5.91 Å². The summed E-state index contributed by atoms with van der Waals surface area (Å²) in [5.41, 5.74) is 6.86.